The predicted molar refractivity (Wildman–Crippen MR) is 80.3 cm³/mol. The van der Waals surface area contributed by atoms with Crippen LogP contribution in [0.2, 0.25) is 5.02 Å². The van der Waals surface area contributed by atoms with E-state index in [0.29, 0.717) is 17.9 Å². The molecule has 0 saturated carbocycles. The van der Waals surface area contributed by atoms with E-state index in [0.717, 1.165) is 5.56 Å². The molecule has 1 heterocycles. The van der Waals surface area contributed by atoms with Crippen molar-refractivity contribution in [3.8, 4) is 0 Å². The fourth-order valence-electron chi connectivity index (χ4n) is 2.32. The van der Waals surface area contributed by atoms with Crippen molar-refractivity contribution in [3.05, 3.63) is 34.9 Å². The summed E-state index contributed by atoms with van der Waals surface area (Å²) in [5.41, 5.74) is 0.804. The molecule has 118 valence electrons. The lowest BCUT2D eigenvalue weighted by Gasteiger charge is -2.19. The van der Waals surface area contributed by atoms with Crippen LogP contribution in [0.1, 0.15) is 18.4 Å². The van der Waals surface area contributed by atoms with Crippen molar-refractivity contribution < 1.29 is 19.1 Å². The molecule has 1 fully saturated rings. The van der Waals surface area contributed by atoms with Gasteiger partial charge in [-0.3, -0.25) is 9.59 Å². The van der Waals surface area contributed by atoms with Gasteiger partial charge in [-0.25, -0.2) is 4.79 Å². The molecule has 2 atom stereocenters. The van der Waals surface area contributed by atoms with E-state index >= 15 is 0 Å². The third kappa shape index (κ3) is 4.21. The van der Waals surface area contributed by atoms with Crippen LogP contribution in [0.25, 0.3) is 0 Å². The Bertz CT molecular complexity index is 591. The van der Waals surface area contributed by atoms with Gasteiger partial charge in [0.1, 0.15) is 12.1 Å². The van der Waals surface area contributed by atoms with E-state index in [4.69, 9.17) is 16.3 Å². The first-order valence-corrected chi connectivity index (χ1v) is 7.29. The Kier molecular flexibility index (Phi) is 5.38. The number of nitrogens with one attached hydrogen (secondary N) is 2. The van der Waals surface area contributed by atoms with E-state index in [2.05, 4.69) is 10.6 Å². The second kappa shape index (κ2) is 7.26. The maximum atomic E-state index is 12.1. The maximum Gasteiger partial charge on any atom is 0.328 e. The molecule has 0 radical (unpaired) electrons. The number of benzene rings is 1. The van der Waals surface area contributed by atoms with Gasteiger partial charge in [-0.1, -0.05) is 23.7 Å². The lowest BCUT2D eigenvalue weighted by molar-refractivity contribution is -0.145. The minimum absolute atomic E-state index is 0.162. The molecule has 6 nitrogen and oxygen atoms in total. The number of hydrogen-bond acceptors (Lipinski definition) is 4. The second-order valence-corrected chi connectivity index (χ2v) is 5.51. The summed E-state index contributed by atoms with van der Waals surface area (Å²) in [4.78, 5) is 35.1. The quantitative estimate of drug-likeness (QED) is 0.785. The van der Waals surface area contributed by atoms with E-state index in [9.17, 15) is 14.4 Å². The molecule has 0 aliphatic carbocycles. The molecule has 1 aromatic carbocycles. The summed E-state index contributed by atoms with van der Waals surface area (Å²) in [7, 11) is 1.26. The second-order valence-electron chi connectivity index (χ2n) is 5.08. The molecule has 1 aliphatic rings. The zero-order valence-electron chi connectivity index (χ0n) is 12.1. The van der Waals surface area contributed by atoms with Crippen LogP contribution in [0.4, 0.5) is 0 Å². The summed E-state index contributed by atoms with van der Waals surface area (Å²) >= 11 is 5.92. The molecular formula is C15H17ClN2O4. The van der Waals surface area contributed by atoms with Crippen LogP contribution in [-0.2, 0) is 25.5 Å². The highest BCUT2D eigenvalue weighted by molar-refractivity contribution is 6.30. The Labute approximate surface area is 133 Å². The smallest absolute Gasteiger partial charge is 0.328 e. The summed E-state index contributed by atoms with van der Waals surface area (Å²) in [6.45, 7) is 0. The van der Waals surface area contributed by atoms with Crippen LogP contribution >= 0.6 is 11.6 Å². The number of carbonyl (C=O) groups excluding carboxylic acids is 3. The van der Waals surface area contributed by atoms with Crippen LogP contribution in [0.5, 0.6) is 0 Å². The summed E-state index contributed by atoms with van der Waals surface area (Å²) in [5, 5.41) is 5.74. The zero-order valence-corrected chi connectivity index (χ0v) is 12.9. The highest BCUT2D eigenvalue weighted by Crippen LogP contribution is 2.13. The van der Waals surface area contributed by atoms with Gasteiger partial charge in [-0.15, -0.1) is 0 Å². The summed E-state index contributed by atoms with van der Waals surface area (Å²) < 4.78 is 4.73. The minimum Gasteiger partial charge on any atom is -0.467 e. The first-order chi connectivity index (χ1) is 10.5. The number of carbonyl (C=O) groups is 3. The van der Waals surface area contributed by atoms with Crippen molar-refractivity contribution in [1.82, 2.24) is 10.6 Å². The van der Waals surface area contributed by atoms with Gasteiger partial charge >= 0.3 is 5.97 Å². The number of amides is 2. The standard InChI is InChI=1S/C15H17ClN2O4/c1-22-15(21)12(8-9-3-2-4-10(16)7-9)18-14(20)11-5-6-13(19)17-11/h2-4,7,11-12H,5-6,8H2,1H3,(H,17,19)(H,18,20)/t11-,12+/m1/s1. The fraction of sp³-hybridized carbons (Fsp3) is 0.400. The van der Waals surface area contributed by atoms with E-state index in [1.54, 1.807) is 18.2 Å². The third-order valence-corrected chi connectivity index (χ3v) is 3.68. The summed E-state index contributed by atoms with van der Waals surface area (Å²) in [6.07, 6.45) is 1.00. The SMILES string of the molecule is COC(=O)[C@H](Cc1cccc(Cl)c1)NC(=O)[C@H]1CCC(=O)N1. The fourth-order valence-corrected chi connectivity index (χ4v) is 2.53. The predicted octanol–water partition coefficient (Wildman–Crippen LogP) is 0.819. The average molecular weight is 325 g/mol. The molecule has 2 amide bonds. The van der Waals surface area contributed by atoms with Crippen molar-refractivity contribution in [2.75, 3.05) is 7.11 Å². The van der Waals surface area contributed by atoms with Gasteiger partial charge in [-0.05, 0) is 24.1 Å². The summed E-state index contributed by atoms with van der Waals surface area (Å²) in [5.74, 6) is -1.09. The largest absolute Gasteiger partial charge is 0.467 e. The molecule has 0 bridgehead atoms. The first kappa shape index (κ1) is 16.3. The molecule has 1 aromatic rings. The van der Waals surface area contributed by atoms with Crippen LogP contribution in [0.3, 0.4) is 0 Å². The Balaban J connectivity index is 2.04. The van der Waals surface area contributed by atoms with Gasteiger partial charge in [0.05, 0.1) is 7.11 Å². The Morgan fingerprint density at radius 1 is 1.50 bits per heavy atom. The van der Waals surface area contributed by atoms with Gasteiger partial charge in [-0.2, -0.15) is 0 Å². The zero-order chi connectivity index (χ0) is 16.1. The molecule has 2 N–H and O–H groups in total. The maximum absolute atomic E-state index is 12.1. The van der Waals surface area contributed by atoms with E-state index in [-0.39, 0.29) is 18.2 Å². The molecule has 1 aliphatic heterocycles. The van der Waals surface area contributed by atoms with Gasteiger partial charge in [0, 0.05) is 17.9 Å². The molecule has 0 aromatic heterocycles. The van der Waals surface area contributed by atoms with Crippen molar-refractivity contribution in [2.45, 2.75) is 31.3 Å². The lowest BCUT2D eigenvalue weighted by Crippen LogP contribution is -2.49. The topological polar surface area (TPSA) is 84.5 Å². The van der Waals surface area contributed by atoms with Crippen LogP contribution in [0.15, 0.2) is 24.3 Å². The highest BCUT2D eigenvalue weighted by Gasteiger charge is 2.30. The van der Waals surface area contributed by atoms with Crippen molar-refractivity contribution in [3.63, 3.8) is 0 Å². The van der Waals surface area contributed by atoms with Crippen LogP contribution in [0, 0.1) is 0 Å². The van der Waals surface area contributed by atoms with E-state index in [1.165, 1.54) is 7.11 Å². The number of hydrogen-bond donors (Lipinski definition) is 2. The normalized spacial score (nSPS) is 18.5. The number of rotatable bonds is 5. The lowest BCUT2D eigenvalue weighted by atomic mass is 10.1. The molecule has 7 heteroatoms. The molecule has 0 unspecified atom stereocenters. The number of halogens is 1. The van der Waals surface area contributed by atoms with Crippen molar-refractivity contribution in [1.29, 1.82) is 0 Å². The molecule has 1 saturated heterocycles. The Hall–Kier alpha value is -2.08. The number of esters is 1. The Morgan fingerprint density at radius 2 is 2.27 bits per heavy atom. The number of ether oxygens (including phenoxy) is 1. The minimum atomic E-state index is -0.825. The molecule has 22 heavy (non-hydrogen) atoms. The van der Waals surface area contributed by atoms with Crippen molar-refractivity contribution >= 4 is 29.4 Å². The van der Waals surface area contributed by atoms with E-state index in [1.807, 2.05) is 6.07 Å². The average Bonchev–Trinajstić information content (AvgIpc) is 2.92. The van der Waals surface area contributed by atoms with Gasteiger partial charge < -0.3 is 15.4 Å². The van der Waals surface area contributed by atoms with Gasteiger partial charge in [0.25, 0.3) is 0 Å². The van der Waals surface area contributed by atoms with Crippen LogP contribution in [-0.4, -0.2) is 37.0 Å². The first-order valence-electron chi connectivity index (χ1n) is 6.91. The molecular weight excluding hydrogens is 308 g/mol. The van der Waals surface area contributed by atoms with Crippen molar-refractivity contribution in [2.24, 2.45) is 0 Å². The van der Waals surface area contributed by atoms with Crippen LogP contribution < -0.4 is 10.6 Å². The Morgan fingerprint density at radius 3 is 2.86 bits per heavy atom. The van der Waals surface area contributed by atoms with Gasteiger partial charge in [0.2, 0.25) is 11.8 Å². The van der Waals surface area contributed by atoms with E-state index < -0.39 is 18.1 Å². The molecule has 2 rings (SSSR count). The number of methoxy groups -OCH3 is 1. The monoisotopic (exact) mass is 324 g/mol. The van der Waals surface area contributed by atoms with Gasteiger partial charge in [0.15, 0.2) is 0 Å². The highest BCUT2D eigenvalue weighted by atomic mass is 35.5. The molecule has 0 spiro atoms. The summed E-state index contributed by atoms with van der Waals surface area (Å²) in [6, 6.07) is 5.61. The third-order valence-electron chi connectivity index (χ3n) is 3.44.